The number of thioether (sulfide) groups is 1. The van der Waals surface area contributed by atoms with E-state index in [1.54, 1.807) is 16.4 Å². The first kappa shape index (κ1) is 24.2. The van der Waals surface area contributed by atoms with Gasteiger partial charge in [-0.25, -0.2) is 9.48 Å². The summed E-state index contributed by atoms with van der Waals surface area (Å²) >= 11 is 1.57. The summed E-state index contributed by atoms with van der Waals surface area (Å²) in [4.78, 5) is 17.7. The lowest BCUT2D eigenvalue weighted by Gasteiger charge is -2.28. The van der Waals surface area contributed by atoms with Gasteiger partial charge >= 0.3 is 5.97 Å². The summed E-state index contributed by atoms with van der Waals surface area (Å²) < 4.78 is 13.2. The van der Waals surface area contributed by atoms with Crippen LogP contribution in [0.2, 0.25) is 0 Å². The van der Waals surface area contributed by atoms with Crippen LogP contribution in [0.5, 0.6) is 5.75 Å². The molecule has 0 bridgehead atoms. The van der Waals surface area contributed by atoms with Gasteiger partial charge in [-0.2, -0.15) is 4.98 Å². The van der Waals surface area contributed by atoms with Crippen molar-refractivity contribution in [3.8, 4) is 5.75 Å². The number of nitrogens with zero attached hydrogens (tertiary/aromatic N) is 3. The maximum Gasteiger partial charge on any atom is 0.338 e. The Kier molecular flexibility index (Phi) is 9.02. The molecule has 0 amide bonds. The number of nitrogens with one attached hydrogen (secondary N) is 1. The highest BCUT2D eigenvalue weighted by molar-refractivity contribution is 7.99. The number of aromatic nitrogens is 3. The minimum Gasteiger partial charge on any atom is -0.494 e. The van der Waals surface area contributed by atoms with Gasteiger partial charge in [0.2, 0.25) is 11.1 Å². The Hall–Kier alpha value is -2.48. The van der Waals surface area contributed by atoms with E-state index in [0.29, 0.717) is 29.9 Å². The maximum atomic E-state index is 13.1. The van der Waals surface area contributed by atoms with Gasteiger partial charge < -0.3 is 14.8 Å². The van der Waals surface area contributed by atoms with E-state index in [0.717, 1.165) is 48.4 Å². The van der Waals surface area contributed by atoms with E-state index in [9.17, 15) is 4.79 Å². The van der Waals surface area contributed by atoms with E-state index in [-0.39, 0.29) is 5.97 Å². The zero-order valence-electron chi connectivity index (χ0n) is 19.5. The smallest absolute Gasteiger partial charge is 0.338 e. The van der Waals surface area contributed by atoms with Crippen molar-refractivity contribution in [2.45, 2.75) is 71.0 Å². The molecule has 1 aromatic heterocycles. The predicted octanol–water partition coefficient (Wildman–Crippen LogP) is 5.59. The van der Waals surface area contributed by atoms with Gasteiger partial charge in [0.1, 0.15) is 11.8 Å². The summed E-state index contributed by atoms with van der Waals surface area (Å²) in [5.41, 5.74) is 2.24. The number of carbonyl (C=O) groups is 1. The number of rotatable bonds is 12. The number of anilines is 1. The molecule has 0 aliphatic carbocycles. The van der Waals surface area contributed by atoms with Crippen LogP contribution in [0.25, 0.3) is 0 Å². The first-order valence-corrected chi connectivity index (χ1v) is 12.5. The van der Waals surface area contributed by atoms with E-state index in [1.807, 2.05) is 31.2 Å². The minimum absolute atomic E-state index is 0.320. The van der Waals surface area contributed by atoms with Crippen LogP contribution >= 0.6 is 11.8 Å². The summed E-state index contributed by atoms with van der Waals surface area (Å²) in [7, 11) is 0. The summed E-state index contributed by atoms with van der Waals surface area (Å²) in [5, 5.41) is 8.61. The zero-order valence-corrected chi connectivity index (χ0v) is 20.3. The Balaban J connectivity index is 1.90. The lowest BCUT2D eigenvalue weighted by Crippen LogP contribution is -2.29. The molecule has 0 radical (unpaired) electrons. The monoisotopic (exact) mass is 458 g/mol. The average Bonchev–Trinajstić information content (AvgIpc) is 3.18. The van der Waals surface area contributed by atoms with Gasteiger partial charge in [-0.15, -0.1) is 5.10 Å². The molecule has 174 valence electrons. The van der Waals surface area contributed by atoms with Crippen molar-refractivity contribution < 1.29 is 14.3 Å². The molecule has 1 N–H and O–H groups in total. The van der Waals surface area contributed by atoms with Crippen LogP contribution in [0.1, 0.15) is 71.4 Å². The summed E-state index contributed by atoms with van der Waals surface area (Å²) in [6.07, 6.45) is 5.18. The number of allylic oxidation sites excluding steroid dienone is 1. The zero-order chi connectivity index (χ0) is 22.9. The van der Waals surface area contributed by atoms with E-state index >= 15 is 0 Å². The Morgan fingerprint density at radius 1 is 1.09 bits per heavy atom. The topological polar surface area (TPSA) is 78.3 Å². The Labute approximate surface area is 195 Å². The molecule has 0 saturated carbocycles. The number of esters is 1. The fraction of sp³-hybridized carbons (Fsp3) is 0.542. The van der Waals surface area contributed by atoms with Crippen molar-refractivity contribution in [1.82, 2.24) is 14.8 Å². The largest absolute Gasteiger partial charge is 0.494 e. The molecule has 0 spiro atoms. The van der Waals surface area contributed by atoms with Gasteiger partial charge in [0.05, 0.1) is 18.8 Å². The standard InChI is InChI=1S/C24H34N4O3S/c1-5-8-10-16-30-19-13-11-18(12-14-19)21-20(22(29)31-15-9-6-2)17(4)25-23-26-24(32-7-3)27-28(21)23/h11-14,21H,5-10,15-16H2,1-4H3,(H,25,26,27). The molecular formula is C24H34N4O3S. The molecule has 1 atom stereocenters. The van der Waals surface area contributed by atoms with Crippen molar-refractivity contribution in [3.05, 3.63) is 41.1 Å². The highest BCUT2D eigenvalue weighted by Crippen LogP contribution is 2.37. The Bertz CT molecular complexity index is 924. The van der Waals surface area contributed by atoms with Crippen LogP contribution in [0.15, 0.2) is 40.7 Å². The molecule has 0 saturated heterocycles. The number of carbonyl (C=O) groups excluding carboxylic acids is 1. The molecule has 3 rings (SSSR count). The van der Waals surface area contributed by atoms with Crippen molar-refractivity contribution in [3.63, 3.8) is 0 Å². The number of hydrogen-bond acceptors (Lipinski definition) is 7. The first-order chi connectivity index (χ1) is 15.6. The Morgan fingerprint density at radius 2 is 1.84 bits per heavy atom. The van der Waals surface area contributed by atoms with E-state index in [4.69, 9.17) is 9.47 Å². The van der Waals surface area contributed by atoms with Gasteiger partial charge in [0.25, 0.3) is 0 Å². The van der Waals surface area contributed by atoms with Crippen molar-refractivity contribution in [2.24, 2.45) is 0 Å². The van der Waals surface area contributed by atoms with Gasteiger partial charge in [-0.1, -0.05) is 63.9 Å². The van der Waals surface area contributed by atoms with E-state index in [1.165, 1.54) is 6.42 Å². The van der Waals surface area contributed by atoms with Crippen LogP contribution in [0.3, 0.4) is 0 Å². The first-order valence-electron chi connectivity index (χ1n) is 11.6. The molecule has 1 aliphatic rings. The third-order valence-electron chi connectivity index (χ3n) is 5.27. The molecule has 1 unspecified atom stereocenters. The van der Waals surface area contributed by atoms with Crippen LogP contribution in [-0.2, 0) is 9.53 Å². The van der Waals surface area contributed by atoms with E-state index in [2.05, 4.69) is 36.2 Å². The highest BCUT2D eigenvalue weighted by Gasteiger charge is 2.35. The molecule has 1 aliphatic heterocycles. The lowest BCUT2D eigenvalue weighted by atomic mass is 9.96. The SMILES string of the molecule is CCCCCOc1ccc(C2C(C(=O)OCCCC)=C(C)Nc3nc(SCC)nn32)cc1. The van der Waals surface area contributed by atoms with Crippen molar-refractivity contribution in [1.29, 1.82) is 0 Å². The van der Waals surface area contributed by atoms with Crippen LogP contribution in [0, 0.1) is 0 Å². The van der Waals surface area contributed by atoms with E-state index < -0.39 is 6.04 Å². The lowest BCUT2D eigenvalue weighted by molar-refractivity contribution is -0.139. The van der Waals surface area contributed by atoms with Gasteiger partial charge in [0, 0.05) is 5.70 Å². The fourth-order valence-electron chi connectivity index (χ4n) is 3.57. The normalized spacial score (nSPS) is 15.3. The second-order valence-corrected chi connectivity index (χ2v) is 9.01. The predicted molar refractivity (Wildman–Crippen MR) is 128 cm³/mol. The highest BCUT2D eigenvalue weighted by atomic mass is 32.2. The average molecular weight is 459 g/mol. The number of unbranched alkanes of at least 4 members (excludes halogenated alkanes) is 3. The molecule has 2 aromatic rings. The number of benzene rings is 1. The van der Waals surface area contributed by atoms with Gasteiger partial charge in [-0.3, -0.25) is 0 Å². The molecule has 7 nitrogen and oxygen atoms in total. The summed E-state index contributed by atoms with van der Waals surface area (Å²) in [6.45, 7) is 9.32. The Morgan fingerprint density at radius 3 is 2.53 bits per heavy atom. The van der Waals surface area contributed by atoms with Gasteiger partial charge in [0.15, 0.2) is 0 Å². The van der Waals surface area contributed by atoms with Crippen LogP contribution in [0.4, 0.5) is 5.95 Å². The third kappa shape index (κ3) is 5.85. The van der Waals surface area contributed by atoms with Crippen molar-refractivity contribution >= 4 is 23.7 Å². The van der Waals surface area contributed by atoms with Gasteiger partial charge in [-0.05, 0) is 43.2 Å². The molecule has 1 aromatic carbocycles. The second-order valence-electron chi connectivity index (χ2n) is 7.78. The quantitative estimate of drug-likeness (QED) is 0.252. The van der Waals surface area contributed by atoms with Crippen LogP contribution < -0.4 is 10.1 Å². The molecule has 8 heteroatoms. The molecule has 2 heterocycles. The number of fused-ring (bicyclic) bond motifs is 1. The van der Waals surface area contributed by atoms with Crippen molar-refractivity contribution in [2.75, 3.05) is 24.3 Å². The summed E-state index contributed by atoms with van der Waals surface area (Å²) in [6, 6.07) is 7.49. The molecule has 0 fully saturated rings. The molecular weight excluding hydrogens is 424 g/mol. The van der Waals surface area contributed by atoms with Crippen LogP contribution in [-0.4, -0.2) is 39.7 Å². The minimum atomic E-state index is -0.409. The number of hydrogen-bond donors (Lipinski definition) is 1. The third-order valence-corrected chi connectivity index (χ3v) is 5.99. The number of ether oxygens (including phenoxy) is 2. The molecule has 32 heavy (non-hydrogen) atoms. The second kappa shape index (κ2) is 11.9. The maximum absolute atomic E-state index is 13.1. The summed E-state index contributed by atoms with van der Waals surface area (Å²) in [5.74, 6) is 2.01. The fourth-order valence-corrected chi connectivity index (χ4v) is 4.12.